The van der Waals surface area contributed by atoms with E-state index < -0.39 is 27.9 Å². The van der Waals surface area contributed by atoms with E-state index in [9.17, 15) is 8.42 Å². The van der Waals surface area contributed by atoms with Crippen LogP contribution in [0.25, 0.3) is 0 Å². The van der Waals surface area contributed by atoms with Crippen molar-refractivity contribution in [1.29, 1.82) is 0 Å². The molecule has 0 radical (unpaired) electrons. The first-order valence-electron chi connectivity index (χ1n) is 13.3. The van der Waals surface area contributed by atoms with Crippen molar-refractivity contribution in [2.45, 2.75) is 62.0 Å². The monoisotopic (exact) mass is 535 g/mol. The minimum atomic E-state index is -3.62. The second-order valence-electron chi connectivity index (χ2n) is 9.04. The SMILES string of the molecule is [2H]C([2H])([2H])Oc1cc(C2CCCCC2)c(F)cc1Nc1ncc(Cl)c(Nc2ccccc2S(=O)(=O)C(C)C)n1. The molecule has 1 fully saturated rings. The summed E-state index contributed by atoms with van der Waals surface area (Å²) < 4.78 is 68.9. The smallest absolute Gasteiger partial charge is 0.229 e. The number of methoxy groups -OCH3 is 1. The minimum absolute atomic E-state index is 0.0171. The van der Waals surface area contributed by atoms with Crippen molar-refractivity contribution >= 4 is 44.6 Å². The molecule has 192 valence electrons. The van der Waals surface area contributed by atoms with Crippen molar-refractivity contribution in [2.24, 2.45) is 0 Å². The second kappa shape index (κ2) is 11.0. The number of nitrogens with zero attached hydrogens (tertiary/aromatic N) is 2. The standard InChI is InChI=1S/C26H30ClFN4O3S/c1-16(2)36(33,34)24-12-8-7-11-21(24)30-25-19(27)15-29-26(32-25)31-22-14-20(28)18(13-23(22)35-3)17-9-5-4-6-10-17/h7-8,11-17H,4-6,9-10H2,1-3H3,(H2,29,30,31,32)/i3D3. The maximum absolute atomic E-state index is 15.2. The molecule has 2 N–H and O–H groups in total. The number of para-hydroxylation sites is 1. The summed E-state index contributed by atoms with van der Waals surface area (Å²) in [5.74, 6) is -0.498. The Morgan fingerprint density at radius 1 is 1.14 bits per heavy atom. The zero-order valence-electron chi connectivity index (χ0n) is 23.0. The van der Waals surface area contributed by atoms with Gasteiger partial charge in [0.2, 0.25) is 5.95 Å². The van der Waals surface area contributed by atoms with Crippen LogP contribution in [0.15, 0.2) is 47.5 Å². The normalized spacial score (nSPS) is 16.2. The van der Waals surface area contributed by atoms with Crippen LogP contribution in [0.2, 0.25) is 5.02 Å². The number of hydrogen-bond acceptors (Lipinski definition) is 7. The predicted octanol–water partition coefficient (Wildman–Crippen LogP) is 6.99. The van der Waals surface area contributed by atoms with E-state index in [-0.39, 0.29) is 44.7 Å². The molecule has 3 aromatic rings. The molecule has 0 aliphatic heterocycles. The van der Waals surface area contributed by atoms with Crippen LogP contribution >= 0.6 is 11.6 Å². The highest BCUT2D eigenvalue weighted by Crippen LogP contribution is 2.39. The summed E-state index contributed by atoms with van der Waals surface area (Å²) in [6, 6.07) is 8.98. The Kier molecular flexibility index (Phi) is 6.82. The first-order chi connectivity index (χ1) is 18.3. The number of anilines is 4. The molecule has 0 atom stereocenters. The van der Waals surface area contributed by atoms with Crippen molar-refractivity contribution in [1.82, 2.24) is 9.97 Å². The summed E-state index contributed by atoms with van der Waals surface area (Å²) in [5, 5.41) is 5.23. The van der Waals surface area contributed by atoms with Gasteiger partial charge in [-0.2, -0.15) is 4.98 Å². The van der Waals surface area contributed by atoms with Gasteiger partial charge in [-0.25, -0.2) is 17.8 Å². The van der Waals surface area contributed by atoms with E-state index in [0.29, 0.717) is 5.56 Å². The molecular weight excluding hydrogens is 503 g/mol. The van der Waals surface area contributed by atoms with Crippen LogP contribution in [0.4, 0.5) is 27.5 Å². The first-order valence-corrected chi connectivity index (χ1v) is 13.7. The van der Waals surface area contributed by atoms with E-state index in [1.54, 1.807) is 32.0 Å². The fourth-order valence-electron chi connectivity index (χ4n) is 4.31. The summed E-state index contributed by atoms with van der Waals surface area (Å²) in [4.78, 5) is 8.54. The van der Waals surface area contributed by atoms with Gasteiger partial charge in [0.05, 0.1) is 38.9 Å². The number of benzene rings is 2. The van der Waals surface area contributed by atoms with Gasteiger partial charge in [-0.05, 0) is 56.4 Å². The molecule has 0 bridgehead atoms. The van der Waals surface area contributed by atoms with Gasteiger partial charge in [-0.15, -0.1) is 0 Å². The number of nitrogens with one attached hydrogen (secondary N) is 2. The van der Waals surface area contributed by atoms with Gasteiger partial charge >= 0.3 is 0 Å². The maximum Gasteiger partial charge on any atom is 0.229 e. The van der Waals surface area contributed by atoms with Gasteiger partial charge in [-0.1, -0.05) is 43.0 Å². The van der Waals surface area contributed by atoms with E-state index in [4.69, 9.17) is 20.5 Å². The maximum atomic E-state index is 15.2. The summed E-state index contributed by atoms with van der Waals surface area (Å²) >= 11 is 6.30. The van der Waals surface area contributed by atoms with Crippen LogP contribution in [0, 0.1) is 5.82 Å². The molecular formula is C26H30ClFN4O3S. The molecule has 1 aliphatic rings. The molecule has 4 rings (SSSR count). The van der Waals surface area contributed by atoms with Crippen molar-refractivity contribution in [3.63, 3.8) is 0 Å². The van der Waals surface area contributed by atoms with Gasteiger partial charge < -0.3 is 15.4 Å². The zero-order chi connectivity index (χ0) is 28.4. The Labute approximate surface area is 220 Å². The van der Waals surface area contributed by atoms with Crippen molar-refractivity contribution in [2.75, 3.05) is 17.7 Å². The van der Waals surface area contributed by atoms with E-state index in [1.807, 2.05) is 0 Å². The van der Waals surface area contributed by atoms with Crippen LogP contribution in [-0.4, -0.2) is 30.7 Å². The lowest BCUT2D eigenvalue weighted by Gasteiger charge is -2.23. The average Bonchev–Trinajstić information content (AvgIpc) is 2.87. The highest BCUT2D eigenvalue weighted by Gasteiger charge is 2.24. The number of sulfone groups is 1. The first kappa shape index (κ1) is 22.3. The Hall–Kier alpha value is -2.91. The number of hydrogen-bond donors (Lipinski definition) is 2. The Bertz CT molecular complexity index is 1450. The third-order valence-electron chi connectivity index (χ3n) is 6.31. The quantitative estimate of drug-likeness (QED) is 0.321. The number of ether oxygens (including phenoxy) is 1. The molecule has 1 aliphatic carbocycles. The Morgan fingerprint density at radius 3 is 2.61 bits per heavy atom. The highest BCUT2D eigenvalue weighted by atomic mass is 35.5. The minimum Gasteiger partial charge on any atom is -0.495 e. The summed E-state index contributed by atoms with van der Waals surface area (Å²) in [7, 11) is -6.38. The molecule has 10 heteroatoms. The van der Waals surface area contributed by atoms with E-state index in [1.165, 1.54) is 24.4 Å². The number of rotatable bonds is 8. The van der Waals surface area contributed by atoms with Gasteiger partial charge in [0.15, 0.2) is 15.7 Å². The third kappa shape index (κ3) is 5.57. The topological polar surface area (TPSA) is 93.2 Å². The van der Waals surface area contributed by atoms with Crippen molar-refractivity contribution in [3.8, 4) is 5.75 Å². The molecule has 1 saturated carbocycles. The van der Waals surface area contributed by atoms with Gasteiger partial charge in [-0.3, -0.25) is 0 Å². The molecule has 36 heavy (non-hydrogen) atoms. The predicted molar refractivity (Wildman–Crippen MR) is 141 cm³/mol. The Morgan fingerprint density at radius 2 is 1.89 bits per heavy atom. The van der Waals surface area contributed by atoms with Crippen LogP contribution in [-0.2, 0) is 9.84 Å². The largest absolute Gasteiger partial charge is 0.495 e. The molecule has 0 spiro atoms. The molecule has 1 aromatic heterocycles. The molecule has 0 saturated heterocycles. The van der Waals surface area contributed by atoms with Gasteiger partial charge in [0.1, 0.15) is 16.6 Å². The van der Waals surface area contributed by atoms with Crippen LogP contribution in [0.1, 0.15) is 61.5 Å². The van der Waals surface area contributed by atoms with Gasteiger partial charge in [0, 0.05) is 6.07 Å². The van der Waals surface area contributed by atoms with E-state index in [2.05, 4.69) is 20.6 Å². The second-order valence-corrected chi connectivity index (χ2v) is 11.9. The molecule has 0 amide bonds. The molecule has 1 heterocycles. The third-order valence-corrected chi connectivity index (χ3v) is 8.80. The highest BCUT2D eigenvalue weighted by molar-refractivity contribution is 7.92. The fraction of sp³-hybridized carbons (Fsp3) is 0.385. The van der Waals surface area contributed by atoms with Crippen LogP contribution < -0.4 is 15.4 Å². The van der Waals surface area contributed by atoms with E-state index in [0.717, 1.165) is 32.1 Å². The van der Waals surface area contributed by atoms with Crippen LogP contribution in [0.5, 0.6) is 5.75 Å². The lowest BCUT2D eigenvalue weighted by atomic mass is 9.83. The lowest BCUT2D eigenvalue weighted by Crippen LogP contribution is -2.15. The van der Waals surface area contributed by atoms with Crippen molar-refractivity contribution < 1.29 is 21.7 Å². The average molecular weight is 536 g/mol. The van der Waals surface area contributed by atoms with Crippen molar-refractivity contribution in [3.05, 3.63) is 59.0 Å². The van der Waals surface area contributed by atoms with E-state index >= 15 is 4.39 Å². The summed E-state index contributed by atoms with van der Waals surface area (Å²) in [6.45, 7) is 3.17. The Balaban J connectivity index is 1.68. The molecule has 2 aromatic carbocycles. The number of halogens is 2. The lowest BCUT2D eigenvalue weighted by molar-refractivity contribution is 0.405. The number of aromatic nitrogens is 2. The van der Waals surface area contributed by atoms with Crippen LogP contribution in [0.3, 0.4) is 0 Å². The van der Waals surface area contributed by atoms with Gasteiger partial charge in [0.25, 0.3) is 0 Å². The molecule has 7 nitrogen and oxygen atoms in total. The summed E-state index contributed by atoms with van der Waals surface area (Å²) in [6.07, 6.45) is 5.98. The zero-order valence-corrected chi connectivity index (χ0v) is 21.6. The fourth-order valence-corrected chi connectivity index (χ4v) is 5.65. The summed E-state index contributed by atoms with van der Waals surface area (Å²) in [5.41, 5.74) is 0.716. The molecule has 0 unspecified atom stereocenters.